The van der Waals surface area contributed by atoms with Gasteiger partial charge in [-0.05, 0) is 30.3 Å². The van der Waals surface area contributed by atoms with Gasteiger partial charge in [-0.3, -0.25) is 4.79 Å². The highest BCUT2D eigenvalue weighted by Gasteiger charge is 2.27. The van der Waals surface area contributed by atoms with Gasteiger partial charge >= 0.3 is 0 Å². The minimum absolute atomic E-state index is 0.0505. The van der Waals surface area contributed by atoms with Gasteiger partial charge in [-0.1, -0.05) is 17.3 Å². The minimum atomic E-state index is -3.73. The van der Waals surface area contributed by atoms with Crippen molar-refractivity contribution in [3.05, 3.63) is 48.4 Å². The molecule has 0 saturated carbocycles. The van der Waals surface area contributed by atoms with Crippen LogP contribution in [0.15, 0.2) is 51.9 Å². The number of carbonyl (C=O) groups is 1. The van der Waals surface area contributed by atoms with Crippen molar-refractivity contribution < 1.29 is 31.9 Å². The molecular formula is C22H24N4O7S. The molecule has 0 aliphatic carbocycles. The van der Waals surface area contributed by atoms with E-state index in [4.69, 9.17) is 18.7 Å². The average molecular weight is 489 g/mol. The molecule has 11 nitrogen and oxygen atoms in total. The maximum Gasteiger partial charge on any atom is 0.262 e. The Labute approximate surface area is 196 Å². The number of nitrogens with zero attached hydrogens (tertiary/aromatic N) is 3. The Hall–Kier alpha value is -3.48. The third-order valence-corrected chi connectivity index (χ3v) is 6.94. The first kappa shape index (κ1) is 23.7. The smallest absolute Gasteiger partial charge is 0.262 e. The normalized spacial score (nSPS) is 14.5. The van der Waals surface area contributed by atoms with Crippen LogP contribution in [0.2, 0.25) is 0 Å². The van der Waals surface area contributed by atoms with Gasteiger partial charge in [0, 0.05) is 25.6 Å². The number of rotatable bonds is 8. The molecule has 12 heteroatoms. The van der Waals surface area contributed by atoms with Gasteiger partial charge in [-0.2, -0.15) is 9.29 Å². The van der Waals surface area contributed by atoms with Crippen LogP contribution in [0.5, 0.6) is 11.5 Å². The fourth-order valence-electron chi connectivity index (χ4n) is 3.36. The van der Waals surface area contributed by atoms with Crippen LogP contribution in [0.4, 0.5) is 5.69 Å². The lowest BCUT2D eigenvalue weighted by atomic mass is 10.2. The molecule has 4 rings (SSSR count). The van der Waals surface area contributed by atoms with Crippen LogP contribution in [-0.4, -0.2) is 68.8 Å². The highest BCUT2D eigenvalue weighted by atomic mass is 32.2. The Balaban J connectivity index is 1.45. The molecule has 1 fully saturated rings. The van der Waals surface area contributed by atoms with E-state index in [-0.39, 0.29) is 30.3 Å². The number of sulfonamides is 1. The van der Waals surface area contributed by atoms with Crippen LogP contribution in [0, 0.1) is 6.92 Å². The molecule has 180 valence electrons. The summed E-state index contributed by atoms with van der Waals surface area (Å²) in [5.41, 5.74) is 0.902. The second kappa shape index (κ2) is 10.2. The van der Waals surface area contributed by atoms with Crippen molar-refractivity contribution in [1.82, 2.24) is 14.4 Å². The first-order valence-electron chi connectivity index (χ1n) is 10.5. The molecule has 34 heavy (non-hydrogen) atoms. The fourth-order valence-corrected chi connectivity index (χ4v) is 4.79. The van der Waals surface area contributed by atoms with Crippen molar-refractivity contribution in [3.8, 4) is 22.9 Å². The van der Waals surface area contributed by atoms with E-state index in [2.05, 4.69) is 15.5 Å². The quantitative estimate of drug-likeness (QED) is 0.506. The van der Waals surface area contributed by atoms with E-state index in [0.717, 1.165) is 0 Å². The van der Waals surface area contributed by atoms with E-state index in [0.29, 0.717) is 42.0 Å². The van der Waals surface area contributed by atoms with Crippen LogP contribution in [0.3, 0.4) is 0 Å². The second-order valence-corrected chi connectivity index (χ2v) is 9.32. The number of nitrogens with one attached hydrogen (secondary N) is 1. The van der Waals surface area contributed by atoms with Gasteiger partial charge in [-0.25, -0.2) is 8.42 Å². The number of carbonyl (C=O) groups excluding carboxylic acids is 1. The summed E-state index contributed by atoms with van der Waals surface area (Å²) in [6.45, 7) is 2.60. The molecule has 0 unspecified atom stereocenters. The molecular weight excluding hydrogens is 464 g/mol. The number of amides is 1. The first-order chi connectivity index (χ1) is 16.4. The third-order valence-electron chi connectivity index (χ3n) is 5.04. The lowest BCUT2D eigenvalue weighted by Crippen LogP contribution is -2.40. The lowest BCUT2D eigenvalue weighted by molar-refractivity contribution is -0.118. The highest BCUT2D eigenvalue weighted by Crippen LogP contribution is 2.29. The largest absolute Gasteiger partial charge is 0.495 e. The number of aryl methyl sites for hydroxylation is 1. The topological polar surface area (TPSA) is 133 Å². The number of hydrogen-bond acceptors (Lipinski definition) is 9. The van der Waals surface area contributed by atoms with Gasteiger partial charge in [-0.15, -0.1) is 0 Å². The highest BCUT2D eigenvalue weighted by molar-refractivity contribution is 7.89. The van der Waals surface area contributed by atoms with Crippen molar-refractivity contribution in [3.63, 3.8) is 0 Å². The summed E-state index contributed by atoms with van der Waals surface area (Å²) in [4.78, 5) is 16.8. The molecule has 1 aliphatic heterocycles. The maximum atomic E-state index is 13.0. The maximum absolute atomic E-state index is 13.0. The van der Waals surface area contributed by atoms with E-state index in [1.54, 1.807) is 31.2 Å². The Kier molecular flexibility index (Phi) is 7.10. The van der Waals surface area contributed by atoms with Crippen molar-refractivity contribution in [2.24, 2.45) is 0 Å². The molecule has 1 saturated heterocycles. The van der Waals surface area contributed by atoms with E-state index >= 15 is 0 Å². The van der Waals surface area contributed by atoms with Crippen LogP contribution in [-0.2, 0) is 19.6 Å². The van der Waals surface area contributed by atoms with Crippen LogP contribution in [0.25, 0.3) is 11.4 Å². The number of hydrogen-bond donors (Lipinski definition) is 1. The first-order valence-corrected chi connectivity index (χ1v) is 11.9. The Morgan fingerprint density at radius 2 is 1.97 bits per heavy atom. The standard InChI is InChI=1S/C22H24N4O7S/c1-15-23-22(25-33-15)16-4-3-5-17(12-16)32-14-21(27)24-19-13-18(6-7-20(19)30-2)34(28,29)26-8-10-31-11-9-26/h3-7,12-13H,8-11,14H2,1-2H3,(H,24,27). The van der Waals surface area contributed by atoms with Crippen LogP contribution < -0.4 is 14.8 Å². The van der Waals surface area contributed by atoms with Gasteiger partial charge < -0.3 is 24.1 Å². The summed E-state index contributed by atoms with van der Waals surface area (Å²) in [5, 5.41) is 6.53. The number of benzene rings is 2. The SMILES string of the molecule is COc1ccc(S(=O)(=O)N2CCOCC2)cc1NC(=O)COc1cccc(-c2noc(C)n2)c1. The summed E-state index contributed by atoms with van der Waals surface area (Å²) >= 11 is 0. The molecule has 1 aromatic heterocycles. The third kappa shape index (κ3) is 5.35. The molecule has 2 aromatic carbocycles. The van der Waals surface area contributed by atoms with Gasteiger partial charge in [0.1, 0.15) is 11.5 Å². The molecule has 3 aromatic rings. The molecule has 0 radical (unpaired) electrons. The zero-order valence-corrected chi connectivity index (χ0v) is 19.5. The molecule has 1 amide bonds. The number of anilines is 1. The van der Waals surface area contributed by atoms with Crippen LogP contribution in [0.1, 0.15) is 5.89 Å². The second-order valence-electron chi connectivity index (χ2n) is 7.38. The van der Waals surface area contributed by atoms with Crippen molar-refractivity contribution in [2.45, 2.75) is 11.8 Å². The zero-order valence-electron chi connectivity index (χ0n) is 18.7. The van der Waals surface area contributed by atoms with E-state index in [9.17, 15) is 13.2 Å². The molecule has 2 heterocycles. The Morgan fingerprint density at radius 3 is 2.68 bits per heavy atom. The zero-order chi connectivity index (χ0) is 24.1. The van der Waals surface area contributed by atoms with Gasteiger partial charge in [0.25, 0.3) is 5.91 Å². The average Bonchev–Trinajstić information content (AvgIpc) is 3.30. The summed E-state index contributed by atoms with van der Waals surface area (Å²) in [5.74, 6) is 1.12. The summed E-state index contributed by atoms with van der Waals surface area (Å²) < 4.78 is 48.4. The predicted molar refractivity (Wildman–Crippen MR) is 121 cm³/mol. The Morgan fingerprint density at radius 1 is 1.18 bits per heavy atom. The molecule has 0 bridgehead atoms. The van der Waals surface area contributed by atoms with E-state index < -0.39 is 15.9 Å². The molecule has 0 spiro atoms. The minimum Gasteiger partial charge on any atom is -0.495 e. The van der Waals surface area contributed by atoms with Crippen LogP contribution >= 0.6 is 0 Å². The fraction of sp³-hybridized carbons (Fsp3) is 0.318. The number of aromatic nitrogens is 2. The van der Waals surface area contributed by atoms with E-state index in [1.165, 1.54) is 29.6 Å². The van der Waals surface area contributed by atoms with Gasteiger partial charge in [0.2, 0.25) is 21.7 Å². The Bertz CT molecular complexity index is 1270. The lowest BCUT2D eigenvalue weighted by Gasteiger charge is -2.26. The van der Waals surface area contributed by atoms with Gasteiger partial charge in [0.05, 0.1) is 30.9 Å². The molecule has 1 aliphatic rings. The van der Waals surface area contributed by atoms with Crippen molar-refractivity contribution in [2.75, 3.05) is 45.3 Å². The van der Waals surface area contributed by atoms with Crippen molar-refractivity contribution in [1.29, 1.82) is 0 Å². The molecule has 1 N–H and O–H groups in total. The molecule has 0 atom stereocenters. The summed E-state index contributed by atoms with van der Waals surface area (Å²) in [6.07, 6.45) is 0. The summed E-state index contributed by atoms with van der Waals surface area (Å²) in [6, 6.07) is 11.2. The predicted octanol–water partition coefficient (Wildman–Crippen LogP) is 2.09. The van der Waals surface area contributed by atoms with Gasteiger partial charge in [0.15, 0.2) is 6.61 Å². The van der Waals surface area contributed by atoms with Crippen molar-refractivity contribution >= 4 is 21.6 Å². The number of ether oxygens (including phenoxy) is 3. The number of morpholine rings is 1. The van der Waals surface area contributed by atoms with E-state index in [1.807, 2.05) is 0 Å². The summed E-state index contributed by atoms with van der Waals surface area (Å²) in [7, 11) is -2.30. The number of methoxy groups -OCH3 is 1. The monoisotopic (exact) mass is 488 g/mol.